The Kier molecular flexibility index (Phi) is 3.94. The summed E-state index contributed by atoms with van der Waals surface area (Å²) in [5, 5.41) is 0.586. The van der Waals surface area contributed by atoms with Crippen LogP contribution in [0.1, 0.15) is 51.3 Å². The fourth-order valence-electron chi connectivity index (χ4n) is 3.28. The molecule has 0 aromatic carbocycles. The minimum atomic E-state index is -0.533. The Hall–Kier alpha value is -1.50. The van der Waals surface area contributed by atoms with E-state index in [4.69, 9.17) is 4.74 Å². The molecule has 2 heterocycles. The predicted molar refractivity (Wildman–Crippen MR) is 88.7 cm³/mol. The molecule has 1 aromatic rings. The highest BCUT2D eigenvalue weighted by Crippen LogP contribution is 2.44. The molecule has 1 aliphatic carbocycles. The van der Waals surface area contributed by atoms with E-state index in [-0.39, 0.29) is 17.2 Å². The third-order valence-corrected chi connectivity index (χ3v) is 5.14. The molecule has 1 fully saturated rings. The Balaban J connectivity index is 1.97. The lowest BCUT2D eigenvalue weighted by molar-refractivity contribution is -0.0366. The van der Waals surface area contributed by atoms with Gasteiger partial charge in [-0.2, -0.15) is 0 Å². The molecule has 1 aliphatic heterocycles. The first kappa shape index (κ1) is 16.4. The Bertz CT molecular complexity index is 689. The molecule has 1 spiro atoms. The summed E-state index contributed by atoms with van der Waals surface area (Å²) in [7, 11) is 0. The van der Waals surface area contributed by atoms with Gasteiger partial charge < -0.3 is 9.72 Å². The number of carbonyl (C=O) groups is 1. The largest absolute Gasteiger partial charge is 0.444 e. The fraction of sp³-hybridized carbons (Fsp3) is 0.688. The molecule has 23 heavy (non-hydrogen) atoms. The smallest absolute Gasteiger partial charge is 0.411 e. The van der Waals surface area contributed by atoms with Gasteiger partial charge in [0.05, 0.1) is 17.8 Å². The van der Waals surface area contributed by atoms with Crippen LogP contribution in [0, 0.1) is 0 Å². The summed E-state index contributed by atoms with van der Waals surface area (Å²) in [4.78, 5) is 34.1. The molecular formula is C16H23N3O3S. The molecule has 1 aromatic heterocycles. The number of carbonyl (C=O) groups excluding carboxylic acids is 1. The van der Waals surface area contributed by atoms with Crippen molar-refractivity contribution in [3.05, 3.63) is 21.6 Å². The lowest BCUT2D eigenvalue weighted by Gasteiger charge is -2.52. The third-order valence-electron chi connectivity index (χ3n) is 4.56. The zero-order valence-electron chi connectivity index (χ0n) is 14.1. The number of aromatic nitrogens is 2. The quantitative estimate of drug-likeness (QED) is 0.630. The molecule has 1 saturated carbocycles. The van der Waals surface area contributed by atoms with Gasteiger partial charge in [0.1, 0.15) is 5.60 Å². The normalized spacial score (nSPS) is 19.2. The molecule has 2 aliphatic rings. The molecule has 0 bridgehead atoms. The number of H-pyrrole nitrogens is 1. The molecule has 126 valence electrons. The van der Waals surface area contributed by atoms with Crippen molar-refractivity contribution < 1.29 is 9.53 Å². The summed E-state index contributed by atoms with van der Waals surface area (Å²) < 4.78 is 5.58. The summed E-state index contributed by atoms with van der Waals surface area (Å²) >= 11 is 1.39. The standard InChI is InChI=1S/C16H23N3O3S/c1-15(2,3)22-14(21)19-9-11-10(8-16(19)6-5-7-16)12(20)18-13(17-11)23-4/h5-9H2,1-4H3,(H,17,18,20). The van der Waals surface area contributed by atoms with E-state index >= 15 is 0 Å². The Morgan fingerprint density at radius 2 is 2.09 bits per heavy atom. The van der Waals surface area contributed by atoms with Gasteiger partial charge in [-0.15, -0.1) is 0 Å². The first-order valence-electron chi connectivity index (χ1n) is 7.91. The molecule has 0 atom stereocenters. The minimum absolute atomic E-state index is 0.0746. The second-order valence-corrected chi connectivity index (χ2v) is 8.12. The van der Waals surface area contributed by atoms with Crippen LogP contribution in [0.25, 0.3) is 0 Å². The maximum atomic E-state index is 12.7. The lowest BCUT2D eigenvalue weighted by Crippen LogP contribution is -2.61. The highest BCUT2D eigenvalue weighted by molar-refractivity contribution is 7.98. The van der Waals surface area contributed by atoms with Crippen molar-refractivity contribution in [1.29, 1.82) is 0 Å². The second-order valence-electron chi connectivity index (χ2n) is 7.32. The third kappa shape index (κ3) is 2.98. The molecule has 0 unspecified atom stereocenters. The van der Waals surface area contributed by atoms with Crippen molar-refractivity contribution in [2.45, 2.75) is 69.3 Å². The van der Waals surface area contributed by atoms with Gasteiger partial charge in [-0.1, -0.05) is 11.8 Å². The number of aromatic amines is 1. The van der Waals surface area contributed by atoms with Crippen LogP contribution in [0.2, 0.25) is 0 Å². The molecule has 1 N–H and O–H groups in total. The van der Waals surface area contributed by atoms with Gasteiger partial charge in [0, 0.05) is 12.0 Å². The van der Waals surface area contributed by atoms with E-state index in [1.165, 1.54) is 11.8 Å². The molecule has 0 saturated heterocycles. The summed E-state index contributed by atoms with van der Waals surface area (Å²) in [6, 6.07) is 0. The van der Waals surface area contributed by atoms with Crippen LogP contribution in [0.15, 0.2) is 9.95 Å². The first-order valence-corrected chi connectivity index (χ1v) is 9.13. The molecule has 1 amide bonds. The maximum Gasteiger partial charge on any atom is 0.411 e. The van der Waals surface area contributed by atoms with Crippen molar-refractivity contribution in [2.75, 3.05) is 6.26 Å². The summed E-state index contributed by atoms with van der Waals surface area (Å²) in [6.07, 6.45) is 5.02. The van der Waals surface area contributed by atoms with Gasteiger partial charge in [0.2, 0.25) is 0 Å². The van der Waals surface area contributed by atoms with Gasteiger partial charge >= 0.3 is 6.09 Å². The Morgan fingerprint density at radius 1 is 1.39 bits per heavy atom. The molecule has 3 rings (SSSR count). The number of amides is 1. The van der Waals surface area contributed by atoms with E-state index in [0.717, 1.165) is 24.8 Å². The van der Waals surface area contributed by atoms with E-state index in [1.54, 1.807) is 4.90 Å². The van der Waals surface area contributed by atoms with Crippen LogP contribution in [0.3, 0.4) is 0 Å². The number of fused-ring (bicyclic) bond motifs is 1. The van der Waals surface area contributed by atoms with E-state index in [1.807, 2.05) is 27.0 Å². The average Bonchev–Trinajstić information content (AvgIpc) is 2.42. The van der Waals surface area contributed by atoms with Crippen molar-refractivity contribution in [2.24, 2.45) is 0 Å². The average molecular weight is 337 g/mol. The summed E-state index contributed by atoms with van der Waals surface area (Å²) in [6.45, 7) is 5.95. The highest BCUT2D eigenvalue weighted by Gasteiger charge is 2.50. The van der Waals surface area contributed by atoms with Crippen LogP contribution in [-0.2, 0) is 17.7 Å². The molecule has 6 nitrogen and oxygen atoms in total. The number of rotatable bonds is 1. The Morgan fingerprint density at radius 3 is 2.61 bits per heavy atom. The van der Waals surface area contributed by atoms with Crippen LogP contribution in [0.5, 0.6) is 0 Å². The second kappa shape index (κ2) is 5.54. The topological polar surface area (TPSA) is 75.3 Å². The van der Waals surface area contributed by atoms with Crippen LogP contribution < -0.4 is 5.56 Å². The fourth-order valence-corrected chi connectivity index (χ4v) is 3.68. The number of nitrogens with zero attached hydrogens (tertiary/aromatic N) is 2. The summed E-state index contributed by atoms with van der Waals surface area (Å²) in [5.41, 5.74) is 0.539. The van der Waals surface area contributed by atoms with Crippen LogP contribution in [-0.4, -0.2) is 38.4 Å². The summed E-state index contributed by atoms with van der Waals surface area (Å²) in [5.74, 6) is 0. The number of ether oxygens (including phenoxy) is 1. The SMILES string of the molecule is CSc1nc2c(c(=O)[nH]1)CC1(CCC1)N(C(=O)OC(C)(C)C)C2. The van der Waals surface area contributed by atoms with Crippen molar-refractivity contribution >= 4 is 17.9 Å². The van der Waals surface area contributed by atoms with Crippen molar-refractivity contribution in [3.63, 3.8) is 0 Å². The number of hydrogen-bond donors (Lipinski definition) is 1. The van der Waals surface area contributed by atoms with E-state index in [2.05, 4.69) is 9.97 Å². The van der Waals surface area contributed by atoms with Crippen LogP contribution >= 0.6 is 11.8 Å². The number of nitrogens with one attached hydrogen (secondary N) is 1. The van der Waals surface area contributed by atoms with Crippen molar-refractivity contribution in [3.8, 4) is 0 Å². The predicted octanol–water partition coefficient (Wildman–Crippen LogP) is 2.71. The van der Waals surface area contributed by atoms with Crippen LogP contribution in [0.4, 0.5) is 4.79 Å². The zero-order valence-corrected chi connectivity index (χ0v) is 14.9. The molecule has 0 radical (unpaired) electrons. The van der Waals surface area contributed by atoms with Gasteiger partial charge in [-0.25, -0.2) is 9.78 Å². The molecular weight excluding hydrogens is 314 g/mol. The van der Waals surface area contributed by atoms with Gasteiger partial charge in [0.25, 0.3) is 5.56 Å². The van der Waals surface area contributed by atoms with Gasteiger partial charge in [-0.3, -0.25) is 9.69 Å². The lowest BCUT2D eigenvalue weighted by atomic mass is 9.69. The van der Waals surface area contributed by atoms with Crippen molar-refractivity contribution in [1.82, 2.24) is 14.9 Å². The van der Waals surface area contributed by atoms with E-state index < -0.39 is 5.60 Å². The molecule has 7 heteroatoms. The first-order chi connectivity index (χ1) is 10.7. The van der Waals surface area contributed by atoms with Gasteiger partial charge in [0.15, 0.2) is 5.16 Å². The van der Waals surface area contributed by atoms with Gasteiger partial charge in [-0.05, 0) is 46.3 Å². The van der Waals surface area contributed by atoms with E-state index in [9.17, 15) is 9.59 Å². The maximum absolute atomic E-state index is 12.7. The Labute approximate surface area is 140 Å². The minimum Gasteiger partial charge on any atom is -0.444 e. The zero-order chi connectivity index (χ0) is 16.8. The highest BCUT2D eigenvalue weighted by atomic mass is 32.2. The number of thioether (sulfide) groups is 1. The number of hydrogen-bond acceptors (Lipinski definition) is 5. The monoisotopic (exact) mass is 337 g/mol. The van der Waals surface area contributed by atoms with E-state index in [0.29, 0.717) is 23.8 Å².